The topological polar surface area (TPSA) is 87.5 Å². The van der Waals surface area contributed by atoms with E-state index in [-0.39, 0.29) is 42.5 Å². The minimum Gasteiger partial charge on any atom is -0.351 e. The number of amides is 2. The third-order valence-electron chi connectivity index (χ3n) is 3.82. The SMILES string of the molecule is CCN(CC)CCNC(=O)c1ccc(NC(=O)C(C)CN)cc1.Cl.Cl. The second-order valence-corrected chi connectivity index (χ2v) is 5.49. The van der Waals surface area contributed by atoms with E-state index in [1.54, 1.807) is 31.2 Å². The lowest BCUT2D eigenvalue weighted by atomic mass is 10.1. The fourth-order valence-electron chi connectivity index (χ4n) is 2.05. The van der Waals surface area contributed by atoms with Crippen molar-refractivity contribution in [2.75, 3.05) is 38.0 Å². The van der Waals surface area contributed by atoms with Crippen LogP contribution in [0.5, 0.6) is 0 Å². The molecule has 144 valence electrons. The molecule has 4 N–H and O–H groups in total. The molecule has 1 rings (SSSR count). The van der Waals surface area contributed by atoms with E-state index >= 15 is 0 Å². The number of likely N-dealkylation sites (N-methyl/N-ethyl adjacent to an activating group) is 1. The molecule has 1 aromatic rings. The first-order chi connectivity index (χ1) is 11.0. The lowest BCUT2D eigenvalue weighted by Gasteiger charge is -2.18. The third kappa shape index (κ3) is 9.07. The van der Waals surface area contributed by atoms with Crippen molar-refractivity contribution in [3.8, 4) is 0 Å². The number of nitrogens with zero attached hydrogens (tertiary/aromatic N) is 1. The number of rotatable bonds is 9. The fourth-order valence-corrected chi connectivity index (χ4v) is 2.05. The highest BCUT2D eigenvalue weighted by molar-refractivity contribution is 5.96. The Balaban J connectivity index is 0. The van der Waals surface area contributed by atoms with Gasteiger partial charge in [-0.3, -0.25) is 9.59 Å². The maximum Gasteiger partial charge on any atom is 0.251 e. The second kappa shape index (κ2) is 13.9. The number of hydrogen-bond acceptors (Lipinski definition) is 4. The normalized spacial score (nSPS) is 11.1. The Morgan fingerprint density at radius 2 is 1.68 bits per heavy atom. The van der Waals surface area contributed by atoms with Crippen molar-refractivity contribution < 1.29 is 9.59 Å². The van der Waals surface area contributed by atoms with Crippen LogP contribution < -0.4 is 16.4 Å². The Hall–Kier alpha value is -1.34. The van der Waals surface area contributed by atoms with Gasteiger partial charge in [-0.05, 0) is 37.4 Å². The van der Waals surface area contributed by atoms with Gasteiger partial charge in [-0.2, -0.15) is 0 Å². The van der Waals surface area contributed by atoms with Crippen molar-refractivity contribution >= 4 is 42.3 Å². The van der Waals surface area contributed by atoms with Crippen molar-refractivity contribution in [2.24, 2.45) is 11.7 Å². The summed E-state index contributed by atoms with van der Waals surface area (Å²) in [5.74, 6) is -0.465. The molecule has 8 heteroatoms. The standard InChI is InChI=1S/C17H28N4O2.2ClH/c1-4-21(5-2)11-10-19-17(23)14-6-8-15(9-7-14)20-16(22)13(3)12-18;;/h6-9,13H,4-5,10-12,18H2,1-3H3,(H,19,23)(H,20,22);2*1H. The summed E-state index contributed by atoms with van der Waals surface area (Å²) in [5, 5.41) is 5.68. The smallest absolute Gasteiger partial charge is 0.251 e. The Labute approximate surface area is 162 Å². The molecule has 0 radical (unpaired) electrons. The van der Waals surface area contributed by atoms with Crippen LogP contribution in [-0.2, 0) is 4.79 Å². The summed E-state index contributed by atoms with van der Waals surface area (Å²) >= 11 is 0. The first-order valence-electron chi connectivity index (χ1n) is 8.13. The Bertz CT molecular complexity index is 508. The molecule has 0 bridgehead atoms. The van der Waals surface area contributed by atoms with Gasteiger partial charge >= 0.3 is 0 Å². The Morgan fingerprint density at radius 3 is 2.16 bits per heavy atom. The van der Waals surface area contributed by atoms with E-state index in [9.17, 15) is 9.59 Å². The monoisotopic (exact) mass is 392 g/mol. The van der Waals surface area contributed by atoms with Crippen LogP contribution in [-0.4, -0.2) is 49.4 Å². The molecular weight excluding hydrogens is 363 g/mol. The number of hydrogen-bond donors (Lipinski definition) is 3. The zero-order valence-corrected chi connectivity index (χ0v) is 16.7. The average Bonchev–Trinajstić information content (AvgIpc) is 2.58. The van der Waals surface area contributed by atoms with E-state index in [4.69, 9.17) is 5.73 Å². The van der Waals surface area contributed by atoms with Crippen LogP contribution in [0.3, 0.4) is 0 Å². The maximum atomic E-state index is 12.1. The molecular formula is C17H30Cl2N4O2. The van der Waals surface area contributed by atoms with Crippen molar-refractivity contribution in [3.05, 3.63) is 29.8 Å². The molecule has 1 atom stereocenters. The van der Waals surface area contributed by atoms with Crippen molar-refractivity contribution in [3.63, 3.8) is 0 Å². The minimum atomic E-state index is -0.238. The molecule has 1 unspecified atom stereocenters. The summed E-state index contributed by atoms with van der Waals surface area (Å²) < 4.78 is 0. The van der Waals surface area contributed by atoms with Gasteiger partial charge in [0.1, 0.15) is 0 Å². The van der Waals surface area contributed by atoms with E-state index < -0.39 is 0 Å². The van der Waals surface area contributed by atoms with Crippen molar-refractivity contribution in [1.82, 2.24) is 10.2 Å². The van der Waals surface area contributed by atoms with Gasteiger partial charge in [0.2, 0.25) is 5.91 Å². The van der Waals surface area contributed by atoms with Gasteiger partial charge in [-0.25, -0.2) is 0 Å². The number of carbonyl (C=O) groups is 2. The molecule has 0 aliphatic heterocycles. The molecule has 0 spiro atoms. The number of nitrogens with one attached hydrogen (secondary N) is 2. The molecule has 0 aliphatic rings. The highest BCUT2D eigenvalue weighted by Crippen LogP contribution is 2.11. The van der Waals surface area contributed by atoms with Crippen molar-refractivity contribution in [1.29, 1.82) is 0 Å². The first-order valence-corrected chi connectivity index (χ1v) is 8.13. The van der Waals surface area contributed by atoms with Gasteiger partial charge in [-0.15, -0.1) is 24.8 Å². The van der Waals surface area contributed by atoms with E-state index in [2.05, 4.69) is 29.4 Å². The summed E-state index contributed by atoms with van der Waals surface area (Å²) in [5.41, 5.74) is 6.70. The molecule has 25 heavy (non-hydrogen) atoms. The molecule has 1 aromatic carbocycles. The summed E-state index contributed by atoms with van der Waals surface area (Å²) in [6.07, 6.45) is 0. The largest absolute Gasteiger partial charge is 0.351 e. The molecule has 0 aliphatic carbocycles. The zero-order chi connectivity index (χ0) is 17.2. The van der Waals surface area contributed by atoms with Crippen LogP contribution in [0.2, 0.25) is 0 Å². The summed E-state index contributed by atoms with van der Waals surface area (Å²) in [6.45, 7) is 9.68. The quantitative estimate of drug-likeness (QED) is 0.600. The average molecular weight is 393 g/mol. The fraction of sp³-hybridized carbons (Fsp3) is 0.529. The van der Waals surface area contributed by atoms with Crippen LogP contribution in [0.15, 0.2) is 24.3 Å². The third-order valence-corrected chi connectivity index (χ3v) is 3.82. The molecule has 6 nitrogen and oxygen atoms in total. The molecule has 0 heterocycles. The van der Waals surface area contributed by atoms with Gasteiger partial charge in [0.25, 0.3) is 5.91 Å². The van der Waals surface area contributed by atoms with Gasteiger partial charge in [0.05, 0.1) is 0 Å². The van der Waals surface area contributed by atoms with Crippen molar-refractivity contribution in [2.45, 2.75) is 20.8 Å². The van der Waals surface area contributed by atoms with Gasteiger partial charge in [0, 0.05) is 36.8 Å². The number of nitrogens with two attached hydrogens (primary N) is 1. The predicted octanol–water partition coefficient (Wildman–Crippen LogP) is 2.14. The number of anilines is 1. The molecule has 2 amide bonds. The van der Waals surface area contributed by atoms with E-state index in [0.717, 1.165) is 19.6 Å². The second-order valence-electron chi connectivity index (χ2n) is 5.49. The minimum absolute atomic E-state index is 0. The maximum absolute atomic E-state index is 12.1. The lowest BCUT2D eigenvalue weighted by molar-refractivity contribution is -0.119. The number of carbonyl (C=O) groups excluding carboxylic acids is 2. The van der Waals surface area contributed by atoms with E-state index in [0.29, 0.717) is 24.3 Å². The van der Waals surface area contributed by atoms with E-state index in [1.165, 1.54) is 0 Å². The summed E-state index contributed by atoms with van der Waals surface area (Å²) in [7, 11) is 0. The molecule has 0 aromatic heterocycles. The van der Waals surface area contributed by atoms with Gasteiger partial charge < -0.3 is 21.3 Å². The predicted molar refractivity (Wildman–Crippen MR) is 108 cm³/mol. The first kappa shape index (κ1) is 25.9. The Kier molecular flexibility index (Phi) is 14.4. The molecule has 0 saturated carbocycles. The van der Waals surface area contributed by atoms with Crippen LogP contribution >= 0.6 is 24.8 Å². The summed E-state index contributed by atoms with van der Waals surface area (Å²) in [4.78, 5) is 26.1. The molecule has 0 fully saturated rings. The molecule has 0 saturated heterocycles. The van der Waals surface area contributed by atoms with Crippen LogP contribution in [0.1, 0.15) is 31.1 Å². The van der Waals surface area contributed by atoms with Gasteiger partial charge in [0.15, 0.2) is 0 Å². The summed E-state index contributed by atoms with van der Waals surface area (Å²) in [6, 6.07) is 6.85. The zero-order valence-electron chi connectivity index (χ0n) is 15.1. The van der Waals surface area contributed by atoms with Crippen LogP contribution in [0.25, 0.3) is 0 Å². The number of benzene rings is 1. The lowest BCUT2D eigenvalue weighted by Crippen LogP contribution is -2.34. The van der Waals surface area contributed by atoms with E-state index in [1.807, 2.05) is 0 Å². The highest BCUT2D eigenvalue weighted by atomic mass is 35.5. The van der Waals surface area contributed by atoms with Crippen LogP contribution in [0.4, 0.5) is 5.69 Å². The number of halogens is 2. The highest BCUT2D eigenvalue weighted by Gasteiger charge is 2.11. The van der Waals surface area contributed by atoms with Gasteiger partial charge in [-0.1, -0.05) is 20.8 Å². The van der Waals surface area contributed by atoms with Crippen LogP contribution in [0, 0.1) is 5.92 Å². The Morgan fingerprint density at radius 1 is 1.12 bits per heavy atom.